The summed E-state index contributed by atoms with van der Waals surface area (Å²) in [5.41, 5.74) is 4.09. The minimum absolute atomic E-state index is 0.212. The van der Waals surface area contributed by atoms with Crippen LogP contribution in [0.25, 0.3) is 11.1 Å². The number of ether oxygens (including phenoxy) is 2. The maximum Gasteiger partial charge on any atom is 0.323 e. The molecule has 0 bridgehead atoms. The van der Waals surface area contributed by atoms with Gasteiger partial charge in [0.25, 0.3) is 0 Å². The lowest BCUT2D eigenvalue weighted by Gasteiger charge is -2.42. The highest BCUT2D eigenvalue weighted by molar-refractivity contribution is 5.84. The average Bonchev–Trinajstić information content (AvgIpc) is 3.16. The first-order valence-corrected chi connectivity index (χ1v) is 11.5. The van der Waals surface area contributed by atoms with E-state index in [1.165, 1.54) is 14.2 Å². The van der Waals surface area contributed by atoms with E-state index in [1.807, 2.05) is 56.3 Å². The predicted molar refractivity (Wildman–Crippen MR) is 132 cm³/mol. The van der Waals surface area contributed by atoms with Crippen molar-refractivity contribution in [3.8, 4) is 11.1 Å². The monoisotopic (exact) mass is 457 g/mol. The molecular weight excluding hydrogens is 426 g/mol. The molecule has 3 aromatic rings. The lowest BCUT2D eigenvalue weighted by molar-refractivity contribution is -0.148. The molecule has 0 unspecified atom stereocenters. The zero-order valence-electron chi connectivity index (χ0n) is 20.1. The SMILES string of the molecule is COC(=O)CCC(C)(C)[C@@H](NC1(c2ccccc2)c2ccccc2-c2ccccc21)C(=O)OC. The van der Waals surface area contributed by atoms with Crippen molar-refractivity contribution in [2.75, 3.05) is 14.2 Å². The Kier molecular flexibility index (Phi) is 6.58. The number of carbonyl (C=O) groups excluding carboxylic acids is 2. The van der Waals surface area contributed by atoms with Gasteiger partial charge in [-0.1, -0.05) is 92.7 Å². The molecule has 0 radical (unpaired) electrons. The van der Waals surface area contributed by atoms with Crippen LogP contribution in [0.1, 0.15) is 43.4 Å². The van der Waals surface area contributed by atoms with E-state index in [0.717, 1.165) is 27.8 Å². The second kappa shape index (κ2) is 9.43. The fourth-order valence-corrected chi connectivity index (χ4v) is 5.05. The van der Waals surface area contributed by atoms with Crippen LogP contribution in [0.5, 0.6) is 0 Å². The summed E-state index contributed by atoms with van der Waals surface area (Å²) in [6.45, 7) is 3.96. The highest BCUT2D eigenvalue weighted by Gasteiger charge is 2.49. The maximum absolute atomic E-state index is 13.3. The topological polar surface area (TPSA) is 64.6 Å². The number of hydrogen-bond acceptors (Lipinski definition) is 5. The Morgan fingerprint density at radius 2 is 1.35 bits per heavy atom. The van der Waals surface area contributed by atoms with Crippen molar-refractivity contribution >= 4 is 11.9 Å². The van der Waals surface area contributed by atoms with Crippen LogP contribution in [-0.4, -0.2) is 32.2 Å². The molecule has 1 aliphatic rings. The van der Waals surface area contributed by atoms with Gasteiger partial charge in [0.05, 0.1) is 19.8 Å². The number of esters is 2. The first kappa shape index (κ1) is 23.7. The summed E-state index contributed by atoms with van der Waals surface area (Å²) in [5.74, 6) is -0.668. The van der Waals surface area contributed by atoms with Gasteiger partial charge in [-0.25, -0.2) is 0 Å². The lowest BCUT2D eigenvalue weighted by Crippen LogP contribution is -2.57. The van der Waals surface area contributed by atoms with Gasteiger partial charge in [-0.05, 0) is 39.7 Å². The Bertz CT molecular complexity index is 1140. The molecule has 0 fully saturated rings. The zero-order valence-corrected chi connectivity index (χ0v) is 20.1. The minimum Gasteiger partial charge on any atom is -0.469 e. The first-order chi connectivity index (χ1) is 16.3. The third-order valence-electron chi connectivity index (χ3n) is 6.94. The predicted octanol–water partition coefficient (Wildman–Crippen LogP) is 5.07. The standard InChI is InChI=1S/C29H31NO4/c1-28(2,19-18-25(31)33-3)26(27(32)34-4)30-29(20-12-6-5-7-13-20)23-16-10-8-14-21(23)22-15-9-11-17-24(22)29/h5-17,26,30H,18-19H2,1-4H3/t26-/m0/s1. The summed E-state index contributed by atoms with van der Waals surface area (Å²) in [5, 5.41) is 3.76. The van der Waals surface area contributed by atoms with Gasteiger partial charge in [-0.15, -0.1) is 0 Å². The van der Waals surface area contributed by atoms with Crippen LogP contribution in [0.4, 0.5) is 0 Å². The van der Waals surface area contributed by atoms with Crippen LogP contribution in [0.15, 0.2) is 78.9 Å². The Labute approximate surface area is 201 Å². The van der Waals surface area contributed by atoms with Crippen molar-refractivity contribution < 1.29 is 19.1 Å². The normalized spacial score (nSPS) is 14.6. The summed E-state index contributed by atoms with van der Waals surface area (Å²) in [6, 6.07) is 26.1. The molecule has 0 aromatic heterocycles. The molecule has 176 valence electrons. The Balaban J connectivity index is 1.91. The van der Waals surface area contributed by atoms with Gasteiger partial charge in [0.15, 0.2) is 0 Å². The molecule has 34 heavy (non-hydrogen) atoms. The van der Waals surface area contributed by atoms with Crippen molar-refractivity contribution in [3.05, 3.63) is 95.6 Å². The third kappa shape index (κ3) is 4.01. The van der Waals surface area contributed by atoms with Crippen LogP contribution in [0.3, 0.4) is 0 Å². The van der Waals surface area contributed by atoms with Gasteiger partial charge in [0, 0.05) is 6.42 Å². The minimum atomic E-state index is -0.768. The molecule has 0 aliphatic heterocycles. The van der Waals surface area contributed by atoms with E-state index in [-0.39, 0.29) is 18.4 Å². The second-order valence-corrected chi connectivity index (χ2v) is 9.37. The Hall–Kier alpha value is -3.44. The van der Waals surface area contributed by atoms with Crippen LogP contribution in [0, 0.1) is 5.41 Å². The molecule has 0 heterocycles. The van der Waals surface area contributed by atoms with Gasteiger partial charge in [-0.3, -0.25) is 14.9 Å². The first-order valence-electron chi connectivity index (χ1n) is 11.5. The van der Waals surface area contributed by atoms with E-state index in [2.05, 4.69) is 41.7 Å². The Morgan fingerprint density at radius 1 is 0.824 bits per heavy atom. The van der Waals surface area contributed by atoms with Crippen molar-refractivity contribution in [3.63, 3.8) is 0 Å². The molecule has 0 spiro atoms. The van der Waals surface area contributed by atoms with Gasteiger partial charge >= 0.3 is 11.9 Å². The maximum atomic E-state index is 13.3. The molecular formula is C29H31NO4. The number of methoxy groups -OCH3 is 2. The lowest BCUT2D eigenvalue weighted by atomic mass is 9.75. The molecule has 4 rings (SSSR count). The fourth-order valence-electron chi connectivity index (χ4n) is 5.05. The molecule has 1 N–H and O–H groups in total. The molecule has 1 aliphatic carbocycles. The van der Waals surface area contributed by atoms with E-state index in [9.17, 15) is 9.59 Å². The van der Waals surface area contributed by atoms with Crippen molar-refractivity contribution in [1.29, 1.82) is 0 Å². The quantitative estimate of drug-likeness (QED) is 0.479. The number of hydrogen-bond donors (Lipinski definition) is 1. The summed E-state index contributed by atoms with van der Waals surface area (Å²) in [4.78, 5) is 25.2. The summed E-state index contributed by atoms with van der Waals surface area (Å²) >= 11 is 0. The van der Waals surface area contributed by atoms with Crippen LogP contribution >= 0.6 is 0 Å². The number of rotatable bonds is 8. The number of nitrogens with one attached hydrogen (secondary N) is 1. The molecule has 5 nitrogen and oxygen atoms in total. The zero-order chi connectivity index (χ0) is 24.3. The van der Waals surface area contributed by atoms with E-state index in [1.54, 1.807) is 0 Å². The Morgan fingerprint density at radius 3 is 1.88 bits per heavy atom. The fraction of sp³-hybridized carbons (Fsp3) is 0.310. The van der Waals surface area contributed by atoms with E-state index >= 15 is 0 Å². The van der Waals surface area contributed by atoms with Gasteiger partial charge in [-0.2, -0.15) is 0 Å². The van der Waals surface area contributed by atoms with Gasteiger partial charge < -0.3 is 9.47 Å². The average molecular weight is 458 g/mol. The van der Waals surface area contributed by atoms with Gasteiger partial charge in [0.2, 0.25) is 0 Å². The van der Waals surface area contributed by atoms with Crippen molar-refractivity contribution in [2.45, 2.75) is 38.3 Å². The van der Waals surface area contributed by atoms with Crippen LogP contribution in [-0.2, 0) is 24.6 Å². The largest absolute Gasteiger partial charge is 0.469 e. The van der Waals surface area contributed by atoms with Crippen LogP contribution < -0.4 is 5.32 Å². The highest BCUT2D eigenvalue weighted by Crippen LogP contribution is 2.51. The number of fused-ring (bicyclic) bond motifs is 3. The molecule has 0 saturated heterocycles. The summed E-state index contributed by atoms with van der Waals surface area (Å²) < 4.78 is 10.1. The van der Waals surface area contributed by atoms with E-state index in [0.29, 0.717) is 6.42 Å². The van der Waals surface area contributed by atoms with Crippen molar-refractivity contribution in [1.82, 2.24) is 5.32 Å². The highest BCUT2D eigenvalue weighted by atomic mass is 16.5. The molecule has 0 amide bonds. The molecule has 0 saturated carbocycles. The smallest absolute Gasteiger partial charge is 0.323 e. The summed E-state index contributed by atoms with van der Waals surface area (Å²) in [6.07, 6.45) is 0.671. The molecule has 1 atom stereocenters. The van der Waals surface area contributed by atoms with Crippen molar-refractivity contribution in [2.24, 2.45) is 5.41 Å². The van der Waals surface area contributed by atoms with E-state index in [4.69, 9.17) is 9.47 Å². The number of carbonyl (C=O) groups is 2. The van der Waals surface area contributed by atoms with Crippen LogP contribution in [0.2, 0.25) is 0 Å². The second-order valence-electron chi connectivity index (χ2n) is 9.37. The number of benzene rings is 3. The third-order valence-corrected chi connectivity index (χ3v) is 6.94. The molecule has 5 heteroatoms. The van der Waals surface area contributed by atoms with E-state index < -0.39 is 17.0 Å². The van der Waals surface area contributed by atoms with Gasteiger partial charge in [0.1, 0.15) is 6.04 Å². The molecule has 3 aromatic carbocycles. The summed E-state index contributed by atoms with van der Waals surface area (Å²) in [7, 11) is 2.78.